The van der Waals surface area contributed by atoms with Gasteiger partial charge >= 0.3 is 0 Å². The van der Waals surface area contributed by atoms with Gasteiger partial charge in [-0.05, 0) is 30.4 Å². The summed E-state index contributed by atoms with van der Waals surface area (Å²) >= 11 is 0. The van der Waals surface area contributed by atoms with Crippen LogP contribution in [0.4, 0.5) is 0 Å². The number of para-hydroxylation sites is 1. The van der Waals surface area contributed by atoms with E-state index in [1.165, 1.54) is 0 Å². The van der Waals surface area contributed by atoms with Crippen molar-refractivity contribution in [3.8, 4) is 5.75 Å². The van der Waals surface area contributed by atoms with Crippen LogP contribution in [0, 0.1) is 5.41 Å². The number of furan rings is 1. The van der Waals surface area contributed by atoms with Crippen LogP contribution in [0.1, 0.15) is 25.5 Å². The highest BCUT2D eigenvalue weighted by molar-refractivity contribution is 5.83. The normalized spacial score (nSPS) is 18.0. The predicted molar refractivity (Wildman–Crippen MR) is 82.6 cm³/mol. The van der Waals surface area contributed by atoms with Crippen LogP contribution >= 0.6 is 0 Å². The van der Waals surface area contributed by atoms with Gasteiger partial charge in [-0.25, -0.2) is 0 Å². The summed E-state index contributed by atoms with van der Waals surface area (Å²) in [6.45, 7) is 5.81. The van der Waals surface area contributed by atoms with Gasteiger partial charge in [0.25, 0.3) is 0 Å². The molecule has 4 nitrogen and oxygen atoms in total. The number of benzene rings is 1. The Kier molecular flexibility index (Phi) is 4.17. The summed E-state index contributed by atoms with van der Waals surface area (Å²) in [6, 6.07) is 8.03. The van der Waals surface area contributed by atoms with Gasteiger partial charge in [-0.2, -0.15) is 0 Å². The fraction of sp³-hybridized carbons (Fsp3) is 0.529. The molecule has 0 saturated carbocycles. The van der Waals surface area contributed by atoms with E-state index in [2.05, 4.69) is 18.3 Å². The van der Waals surface area contributed by atoms with Crippen molar-refractivity contribution in [1.29, 1.82) is 0 Å². The van der Waals surface area contributed by atoms with Gasteiger partial charge in [0.1, 0.15) is 5.76 Å². The third kappa shape index (κ3) is 3.22. The Morgan fingerprint density at radius 2 is 2.10 bits per heavy atom. The monoisotopic (exact) mass is 289 g/mol. The fourth-order valence-corrected chi connectivity index (χ4v) is 2.87. The van der Waals surface area contributed by atoms with E-state index < -0.39 is 0 Å². The molecular formula is C17H23NO3. The minimum atomic E-state index is 0.335. The van der Waals surface area contributed by atoms with Crippen LogP contribution in [-0.4, -0.2) is 26.9 Å². The van der Waals surface area contributed by atoms with Gasteiger partial charge in [0.2, 0.25) is 0 Å². The topological polar surface area (TPSA) is 43.6 Å². The Labute approximate surface area is 125 Å². The molecular weight excluding hydrogens is 266 g/mol. The van der Waals surface area contributed by atoms with Crippen LogP contribution in [0.15, 0.2) is 28.7 Å². The first kappa shape index (κ1) is 14.4. The number of rotatable bonds is 5. The molecule has 114 valence electrons. The standard InChI is InChI=1S/C17H23NO3/c1-17(6-8-20-9-7-17)12-18-11-14-10-13-4-3-5-15(19-2)16(13)21-14/h3-5,10,18H,6-9,11-12H2,1-2H3. The second-order valence-corrected chi connectivity index (χ2v) is 6.12. The number of hydrogen-bond acceptors (Lipinski definition) is 4. The van der Waals surface area contributed by atoms with Gasteiger partial charge in [-0.15, -0.1) is 0 Å². The zero-order chi connectivity index (χ0) is 14.7. The Morgan fingerprint density at radius 3 is 2.86 bits per heavy atom. The molecule has 0 unspecified atom stereocenters. The largest absolute Gasteiger partial charge is 0.493 e. The van der Waals surface area contributed by atoms with Gasteiger partial charge in [0, 0.05) is 25.1 Å². The molecule has 3 rings (SSSR count). The van der Waals surface area contributed by atoms with Crippen molar-refractivity contribution >= 4 is 11.0 Å². The summed E-state index contributed by atoms with van der Waals surface area (Å²) in [5.41, 5.74) is 1.16. The molecule has 1 aliphatic rings. The molecule has 1 saturated heterocycles. The van der Waals surface area contributed by atoms with Crippen molar-refractivity contribution in [1.82, 2.24) is 5.32 Å². The van der Waals surface area contributed by atoms with Crippen LogP contribution in [0.25, 0.3) is 11.0 Å². The zero-order valence-electron chi connectivity index (χ0n) is 12.8. The lowest BCUT2D eigenvalue weighted by atomic mass is 9.82. The summed E-state index contributed by atoms with van der Waals surface area (Å²) in [4.78, 5) is 0. The number of fused-ring (bicyclic) bond motifs is 1. The molecule has 0 aliphatic carbocycles. The minimum Gasteiger partial charge on any atom is -0.493 e. The van der Waals surface area contributed by atoms with Gasteiger partial charge < -0.3 is 19.2 Å². The van der Waals surface area contributed by atoms with Crippen LogP contribution < -0.4 is 10.1 Å². The highest BCUT2D eigenvalue weighted by atomic mass is 16.5. The average molecular weight is 289 g/mol. The van der Waals surface area contributed by atoms with Crippen LogP contribution in [0.3, 0.4) is 0 Å². The number of ether oxygens (including phenoxy) is 2. The summed E-state index contributed by atoms with van der Waals surface area (Å²) < 4.78 is 16.7. The molecule has 0 spiro atoms. The van der Waals surface area contributed by atoms with E-state index >= 15 is 0 Å². The molecule has 1 aliphatic heterocycles. The van der Waals surface area contributed by atoms with Gasteiger partial charge in [0.05, 0.1) is 13.7 Å². The average Bonchev–Trinajstić information content (AvgIpc) is 2.90. The maximum absolute atomic E-state index is 5.90. The third-order valence-corrected chi connectivity index (χ3v) is 4.33. The molecule has 0 amide bonds. The minimum absolute atomic E-state index is 0.335. The van der Waals surface area contributed by atoms with E-state index in [0.29, 0.717) is 5.41 Å². The lowest BCUT2D eigenvalue weighted by molar-refractivity contribution is 0.0238. The lowest BCUT2D eigenvalue weighted by Gasteiger charge is -2.33. The highest BCUT2D eigenvalue weighted by Gasteiger charge is 2.26. The van der Waals surface area contributed by atoms with E-state index in [1.54, 1.807) is 7.11 Å². The number of hydrogen-bond donors (Lipinski definition) is 1. The van der Waals surface area contributed by atoms with E-state index in [0.717, 1.165) is 61.6 Å². The zero-order valence-corrected chi connectivity index (χ0v) is 12.8. The number of nitrogens with one attached hydrogen (secondary N) is 1. The van der Waals surface area contributed by atoms with Crippen molar-refractivity contribution in [2.75, 3.05) is 26.9 Å². The third-order valence-electron chi connectivity index (χ3n) is 4.33. The van der Waals surface area contributed by atoms with E-state index in [-0.39, 0.29) is 0 Å². The molecule has 1 fully saturated rings. The molecule has 2 heterocycles. The van der Waals surface area contributed by atoms with E-state index in [4.69, 9.17) is 13.9 Å². The second-order valence-electron chi connectivity index (χ2n) is 6.12. The van der Waals surface area contributed by atoms with Crippen molar-refractivity contribution in [3.63, 3.8) is 0 Å². The summed E-state index contributed by atoms with van der Waals surface area (Å²) in [7, 11) is 1.67. The Bertz CT molecular complexity index is 599. The van der Waals surface area contributed by atoms with Crippen molar-refractivity contribution in [2.24, 2.45) is 5.41 Å². The second kappa shape index (κ2) is 6.08. The molecule has 1 aromatic carbocycles. The van der Waals surface area contributed by atoms with Crippen molar-refractivity contribution in [3.05, 3.63) is 30.0 Å². The Hall–Kier alpha value is -1.52. The van der Waals surface area contributed by atoms with Crippen LogP contribution in [-0.2, 0) is 11.3 Å². The van der Waals surface area contributed by atoms with Gasteiger partial charge in [-0.1, -0.05) is 19.1 Å². The highest BCUT2D eigenvalue weighted by Crippen LogP contribution is 2.30. The molecule has 0 radical (unpaired) electrons. The van der Waals surface area contributed by atoms with Gasteiger partial charge in [0.15, 0.2) is 11.3 Å². The molecule has 1 aromatic heterocycles. The van der Waals surface area contributed by atoms with Crippen LogP contribution in [0.2, 0.25) is 0 Å². The Balaban J connectivity index is 1.63. The van der Waals surface area contributed by atoms with Crippen LogP contribution in [0.5, 0.6) is 5.75 Å². The smallest absolute Gasteiger partial charge is 0.176 e. The first-order valence-electron chi connectivity index (χ1n) is 7.54. The molecule has 2 aromatic rings. The van der Waals surface area contributed by atoms with Crippen molar-refractivity contribution < 1.29 is 13.9 Å². The molecule has 0 bridgehead atoms. The number of methoxy groups -OCH3 is 1. The fourth-order valence-electron chi connectivity index (χ4n) is 2.87. The lowest BCUT2D eigenvalue weighted by Crippen LogP contribution is -2.36. The first-order valence-corrected chi connectivity index (χ1v) is 7.54. The Morgan fingerprint density at radius 1 is 1.29 bits per heavy atom. The maximum Gasteiger partial charge on any atom is 0.176 e. The van der Waals surface area contributed by atoms with Crippen molar-refractivity contribution in [2.45, 2.75) is 26.3 Å². The van der Waals surface area contributed by atoms with E-state index in [1.807, 2.05) is 18.2 Å². The SMILES string of the molecule is COc1cccc2cc(CNCC3(C)CCOCC3)oc12. The summed E-state index contributed by atoms with van der Waals surface area (Å²) in [6.07, 6.45) is 2.24. The molecule has 1 N–H and O–H groups in total. The molecule has 21 heavy (non-hydrogen) atoms. The quantitative estimate of drug-likeness (QED) is 0.916. The first-order chi connectivity index (χ1) is 10.2. The van der Waals surface area contributed by atoms with Gasteiger partial charge in [-0.3, -0.25) is 0 Å². The molecule has 4 heteroatoms. The van der Waals surface area contributed by atoms with E-state index in [9.17, 15) is 0 Å². The summed E-state index contributed by atoms with van der Waals surface area (Å²) in [5.74, 6) is 1.74. The maximum atomic E-state index is 5.90. The summed E-state index contributed by atoms with van der Waals surface area (Å²) in [5, 5.41) is 4.61. The molecule has 0 atom stereocenters. The predicted octanol–water partition coefficient (Wildman–Crippen LogP) is 3.35.